The number of nitrogens with zero attached hydrogens (tertiary/aromatic N) is 1. The van der Waals surface area contributed by atoms with Crippen LogP contribution >= 0.6 is 11.6 Å². The molecule has 0 spiro atoms. The van der Waals surface area contributed by atoms with Crippen molar-refractivity contribution in [2.75, 3.05) is 6.54 Å². The van der Waals surface area contributed by atoms with Gasteiger partial charge < -0.3 is 5.73 Å². The predicted octanol–water partition coefficient (Wildman–Crippen LogP) is 4.82. The molecule has 3 rings (SSSR count). The second kappa shape index (κ2) is 9.94. The van der Waals surface area contributed by atoms with Gasteiger partial charge in [0.05, 0.1) is 10.5 Å². The van der Waals surface area contributed by atoms with Crippen molar-refractivity contribution in [2.45, 2.75) is 23.5 Å². The first-order valence-corrected chi connectivity index (χ1v) is 11.6. The van der Waals surface area contributed by atoms with Gasteiger partial charge in [-0.2, -0.15) is 17.5 Å². The van der Waals surface area contributed by atoms with E-state index in [2.05, 4.69) is 0 Å². The molecule has 5 nitrogen and oxygen atoms in total. The molecule has 0 aliphatic carbocycles. The molecule has 33 heavy (non-hydrogen) atoms. The van der Waals surface area contributed by atoms with Gasteiger partial charge in [0, 0.05) is 11.6 Å². The Morgan fingerprint density at radius 1 is 0.939 bits per heavy atom. The van der Waals surface area contributed by atoms with E-state index in [1.807, 2.05) is 0 Å². The Hall–Kier alpha value is -2.88. The summed E-state index contributed by atoms with van der Waals surface area (Å²) in [5, 5.41) is 0.300. The topological polar surface area (TPSA) is 80.5 Å². The van der Waals surface area contributed by atoms with E-state index >= 15 is 0 Å². The number of hydrogen-bond donors (Lipinski definition) is 1. The molecule has 2 N–H and O–H groups in total. The van der Waals surface area contributed by atoms with Crippen LogP contribution in [0.5, 0.6) is 0 Å². The summed E-state index contributed by atoms with van der Waals surface area (Å²) in [4.78, 5) is 12.3. The second-order valence-electron chi connectivity index (χ2n) is 7.19. The zero-order valence-corrected chi connectivity index (χ0v) is 18.7. The Kier molecular flexibility index (Phi) is 7.46. The number of rotatable bonds is 8. The Bertz CT molecular complexity index is 1220. The monoisotopic (exact) mass is 496 g/mol. The fourth-order valence-electron chi connectivity index (χ4n) is 3.48. The molecule has 0 unspecified atom stereocenters. The van der Waals surface area contributed by atoms with Crippen LogP contribution < -0.4 is 5.73 Å². The maximum absolute atomic E-state index is 13.5. The average molecular weight is 497 g/mol. The van der Waals surface area contributed by atoms with Crippen LogP contribution in [0.1, 0.15) is 22.7 Å². The first-order chi connectivity index (χ1) is 15.5. The summed E-state index contributed by atoms with van der Waals surface area (Å²) in [6.07, 6.45) is -4.90. The zero-order valence-electron chi connectivity index (χ0n) is 17.2. The number of amides is 1. The summed E-state index contributed by atoms with van der Waals surface area (Å²) in [5.74, 6) is -0.956. The third-order valence-electron chi connectivity index (χ3n) is 5.02. The molecule has 0 heterocycles. The molecule has 3 aromatic rings. The maximum atomic E-state index is 13.5. The minimum absolute atomic E-state index is 0.0995. The third-order valence-corrected chi connectivity index (χ3v) is 7.15. The summed E-state index contributed by atoms with van der Waals surface area (Å²) in [6.45, 7) is -0.416. The Morgan fingerprint density at radius 3 is 2.09 bits per heavy atom. The van der Waals surface area contributed by atoms with Gasteiger partial charge in [-0.25, -0.2) is 8.42 Å². The normalized spacial score (nSPS) is 13.1. The van der Waals surface area contributed by atoms with Crippen molar-refractivity contribution in [3.8, 4) is 0 Å². The van der Waals surface area contributed by atoms with Gasteiger partial charge in [-0.3, -0.25) is 4.79 Å². The quantitative estimate of drug-likeness (QED) is 0.485. The zero-order chi connectivity index (χ0) is 24.2. The smallest absolute Gasteiger partial charge is 0.368 e. The highest BCUT2D eigenvalue weighted by molar-refractivity contribution is 7.89. The standard InChI is InChI=1S/C23H20ClF3N2O3S/c24-18-10-12-19(13-11-18)33(31,32)29(21(22(28)30)17-7-2-1-3-8-17)15-14-16-6-4-5-9-20(16)23(25,26)27/h1-13,21H,14-15H2,(H2,28,30)/t21-/m1/s1. The van der Waals surface area contributed by atoms with Crippen LogP contribution in [0.3, 0.4) is 0 Å². The van der Waals surface area contributed by atoms with Crippen LogP contribution in [-0.4, -0.2) is 25.2 Å². The number of primary amides is 1. The number of nitrogens with two attached hydrogens (primary N) is 1. The molecule has 174 valence electrons. The van der Waals surface area contributed by atoms with E-state index in [9.17, 15) is 26.4 Å². The molecule has 1 atom stereocenters. The number of sulfonamides is 1. The first-order valence-electron chi connectivity index (χ1n) is 9.78. The van der Waals surface area contributed by atoms with E-state index in [1.54, 1.807) is 18.2 Å². The highest BCUT2D eigenvalue weighted by Crippen LogP contribution is 2.33. The fourth-order valence-corrected chi connectivity index (χ4v) is 5.19. The van der Waals surface area contributed by atoms with Crippen LogP contribution in [0.4, 0.5) is 13.2 Å². The van der Waals surface area contributed by atoms with E-state index in [0.717, 1.165) is 10.4 Å². The number of alkyl halides is 3. The van der Waals surface area contributed by atoms with Crippen LogP contribution in [0, 0.1) is 0 Å². The van der Waals surface area contributed by atoms with Crippen molar-refractivity contribution in [3.05, 3.63) is 101 Å². The van der Waals surface area contributed by atoms with Crippen molar-refractivity contribution in [1.29, 1.82) is 0 Å². The third kappa shape index (κ3) is 5.73. The van der Waals surface area contributed by atoms with Crippen LogP contribution in [-0.2, 0) is 27.4 Å². The summed E-state index contributed by atoms with van der Waals surface area (Å²) in [5.41, 5.74) is 4.92. The lowest BCUT2D eigenvalue weighted by atomic mass is 10.0. The molecule has 3 aromatic carbocycles. The molecule has 1 amide bonds. The SMILES string of the molecule is NC(=O)[C@@H](c1ccccc1)N(CCc1ccccc1C(F)(F)F)S(=O)(=O)c1ccc(Cl)cc1. The van der Waals surface area contributed by atoms with Crippen molar-refractivity contribution in [1.82, 2.24) is 4.31 Å². The van der Waals surface area contributed by atoms with Gasteiger partial charge in [-0.05, 0) is 47.9 Å². The van der Waals surface area contributed by atoms with Crippen molar-refractivity contribution >= 4 is 27.5 Å². The van der Waals surface area contributed by atoms with Gasteiger partial charge in [0.25, 0.3) is 0 Å². The van der Waals surface area contributed by atoms with E-state index in [4.69, 9.17) is 17.3 Å². The molecule has 0 aliphatic rings. The van der Waals surface area contributed by atoms with Gasteiger partial charge in [-0.1, -0.05) is 60.1 Å². The summed E-state index contributed by atoms with van der Waals surface area (Å²) >= 11 is 5.86. The lowest BCUT2D eigenvalue weighted by Crippen LogP contribution is -2.42. The number of benzene rings is 3. The van der Waals surface area contributed by atoms with Gasteiger partial charge in [0.15, 0.2) is 0 Å². The minimum atomic E-state index is -4.61. The summed E-state index contributed by atoms with van der Waals surface area (Å²) in [6, 6.07) is 16.7. The minimum Gasteiger partial charge on any atom is -0.368 e. The molecular weight excluding hydrogens is 477 g/mol. The first kappa shape index (κ1) is 24.8. The predicted molar refractivity (Wildman–Crippen MR) is 119 cm³/mol. The van der Waals surface area contributed by atoms with E-state index in [0.29, 0.717) is 10.6 Å². The molecule has 0 fully saturated rings. The molecule has 0 saturated heterocycles. The molecule has 0 radical (unpaired) electrons. The van der Waals surface area contributed by atoms with Gasteiger partial charge in [0.1, 0.15) is 6.04 Å². The van der Waals surface area contributed by atoms with Crippen LogP contribution in [0.2, 0.25) is 5.02 Å². The lowest BCUT2D eigenvalue weighted by Gasteiger charge is -2.29. The van der Waals surface area contributed by atoms with E-state index < -0.39 is 40.3 Å². The number of hydrogen-bond acceptors (Lipinski definition) is 3. The molecule has 0 aromatic heterocycles. The number of halogens is 4. The molecule has 10 heteroatoms. The van der Waals surface area contributed by atoms with Gasteiger partial charge in [0.2, 0.25) is 15.9 Å². The van der Waals surface area contributed by atoms with Gasteiger partial charge >= 0.3 is 6.18 Å². The Morgan fingerprint density at radius 2 is 1.52 bits per heavy atom. The molecular formula is C23H20ClF3N2O3S. The lowest BCUT2D eigenvalue weighted by molar-refractivity contribution is -0.138. The van der Waals surface area contributed by atoms with Crippen LogP contribution in [0.25, 0.3) is 0 Å². The fraction of sp³-hybridized carbons (Fsp3) is 0.174. The highest BCUT2D eigenvalue weighted by atomic mass is 35.5. The largest absolute Gasteiger partial charge is 0.416 e. The molecule has 0 bridgehead atoms. The van der Waals surface area contributed by atoms with Gasteiger partial charge in [-0.15, -0.1) is 0 Å². The second-order valence-corrected chi connectivity index (χ2v) is 9.52. The molecule has 0 saturated carbocycles. The Labute approximate surface area is 194 Å². The Balaban J connectivity index is 2.08. The van der Waals surface area contributed by atoms with Crippen molar-refractivity contribution < 1.29 is 26.4 Å². The highest BCUT2D eigenvalue weighted by Gasteiger charge is 2.37. The van der Waals surface area contributed by atoms with Crippen molar-refractivity contribution in [3.63, 3.8) is 0 Å². The molecule has 0 aliphatic heterocycles. The maximum Gasteiger partial charge on any atom is 0.416 e. The van der Waals surface area contributed by atoms with Crippen molar-refractivity contribution in [2.24, 2.45) is 5.73 Å². The van der Waals surface area contributed by atoms with E-state index in [-0.39, 0.29) is 16.9 Å². The summed E-state index contributed by atoms with van der Waals surface area (Å²) in [7, 11) is -4.34. The summed E-state index contributed by atoms with van der Waals surface area (Å²) < 4.78 is 68.2. The number of carbonyl (C=O) groups excluding carboxylic acids is 1. The average Bonchev–Trinajstić information content (AvgIpc) is 2.76. The van der Waals surface area contributed by atoms with Crippen LogP contribution in [0.15, 0.2) is 83.8 Å². The van der Waals surface area contributed by atoms with E-state index in [1.165, 1.54) is 54.6 Å². The number of carbonyl (C=O) groups is 1.